The zero-order valence-electron chi connectivity index (χ0n) is 11.6. The van der Waals surface area contributed by atoms with Gasteiger partial charge in [0.05, 0.1) is 3.55 Å². The summed E-state index contributed by atoms with van der Waals surface area (Å²) in [6.45, 7) is 6.93. The first kappa shape index (κ1) is 18.4. The molecule has 0 aromatic heterocycles. The summed E-state index contributed by atoms with van der Waals surface area (Å²) in [6.07, 6.45) is 4.95. The van der Waals surface area contributed by atoms with Gasteiger partial charge in [-0.2, -0.15) is 0 Å². The average Bonchev–Trinajstić information content (AvgIpc) is 2.28. The molecule has 0 rings (SSSR count). The Bertz CT molecular complexity index is 198. The number of rotatable bonds is 9. The number of nitrogens with two attached hydrogens (primary N) is 1. The van der Waals surface area contributed by atoms with Crippen molar-refractivity contribution in [2.24, 2.45) is 17.6 Å². The molecule has 104 valence electrons. The zero-order valence-corrected chi connectivity index (χ0v) is 15.9. The van der Waals surface area contributed by atoms with E-state index in [0.29, 0.717) is 6.04 Å². The van der Waals surface area contributed by atoms with E-state index in [1.807, 2.05) is 7.05 Å². The molecule has 0 radical (unpaired) electrons. The van der Waals surface area contributed by atoms with Crippen molar-refractivity contribution in [3.8, 4) is 0 Å². The Morgan fingerprint density at radius 3 is 2.41 bits per heavy atom. The Hall–Kier alpha value is 1.38. The molecule has 0 heterocycles. The van der Waals surface area contributed by atoms with E-state index in [4.69, 9.17) is 5.73 Å². The fraction of sp³-hybridized carbons (Fsp3) is 1.00. The van der Waals surface area contributed by atoms with Crippen LogP contribution in [0, 0.1) is 11.8 Å². The fourth-order valence-electron chi connectivity index (χ4n) is 2.25. The Labute approximate surface area is 135 Å². The van der Waals surface area contributed by atoms with Crippen LogP contribution < -0.4 is 11.1 Å². The summed E-state index contributed by atoms with van der Waals surface area (Å²) >= 11 is 4.92. The number of halogens is 2. The lowest BCUT2D eigenvalue weighted by atomic mass is 9.81. The predicted molar refractivity (Wildman–Crippen MR) is 95.1 cm³/mol. The molecule has 0 aromatic carbocycles. The molecule has 0 saturated carbocycles. The molecule has 0 spiro atoms. The van der Waals surface area contributed by atoms with Crippen LogP contribution in [0.2, 0.25) is 0 Å². The second-order valence-corrected chi connectivity index (χ2v) is 8.59. The molecule has 2 nitrogen and oxygen atoms in total. The summed E-state index contributed by atoms with van der Waals surface area (Å²) in [5, 5.41) is 3.40. The standard InChI is InChI=1S/C13H28I2N2/c1-5-6-10(2)11(7-12(16)9-14)8-13(3,15)17-4/h10-12,17H,5-9,16H2,1-4H3/t10-,11-,12?,13-/m1/s1. The molecule has 1 unspecified atom stereocenters. The van der Waals surface area contributed by atoms with Crippen molar-refractivity contribution in [2.75, 3.05) is 11.5 Å². The van der Waals surface area contributed by atoms with Gasteiger partial charge in [-0.15, -0.1) is 0 Å². The highest BCUT2D eigenvalue weighted by molar-refractivity contribution is 14.1. The van der Waals surface area contributed by atoms with Crippen molar-refractivity contribution in [2.45, 2.75) is 56.0 Å². The predicted octanol–water partition coefficient (Wildman–Crippen LogP) is 3.95. The normalized spacial score (nSPS) is 20.6. The minimum Gasteiger partial charge on any atom is -0.327 e. The van der Waals surface area contributed by atoms with Gasteiger partial charge < -0.3 is 11.1 Å². The highest BCUT2D eigenvalue weighted by Gasteiger charge is 2.27. The number of nitrogens with one attached hydrogen (secondary N) is 1. The molecular formula is C13H28I2N2. The lowest BCUT2D eigenvalue weighted by Crippen LogP contribution is -2.38. The smallest absolute Gasteiger partial charge is 0.0677 e. The summed E-state index contributed by atoms with van der Waals surface area (Å²) in [4.78, 5) is 0. The molecule has 0 aromatic rings. The van der Waals surface area contributed by atoms with Gasteiger partial charge in [-0.3, -0.25) is 0 Å². The van der Waals surface area contributed by atoms with Crippen LogP contribution in [-0.4, -0.2) is 21.1 Å². The zero-order chi connectivity index (χ0) is 13.5. The third-order valence-corrected chi connectivity index (χ3v) is 5.63. The molecule has 0 fully saturated rings. The van der Waals surface area contributed by atoms with Crippen molar-refractivity contribution in [3.63, 3.8) is 0 Å². The fourth-order valence-corrected chi connectivity index (χ4v) is 3.18. The second-order valence-electron chi connectivity index (χ2n) is 5.33. The van der Waals surface area contributed by atoms with Gasteiger partial charge in [0.15, 0.2) is 0 Å². The third kappa shape index (κ3) is 8.21. The highest BCUT2D eigenvalue weighted by atomic mass is 127. The van der Waals surface area contributed by atoms with E-state index >= 15 is 0 Å². The molecule has 17 heavy (non-hydrogen) atoms. The van der Waals surface area contributed by atoms with E-state index in [0.717, 1.165) is 22.7 Å². The van der Waals surface area contributed by atoms with Crippen molar-refractivity contribution in [1.82, 2.24) is 5.32 Å². The average molecular weight is 466 g/mol. The van der Waals surface area contributed by atoms with Crippen molar-refractivity contribution < 1.29 is 0 Å². The van der Waals surface area contributed by atoms with E-state index in [-0.39, 0.29) is 3.55 Å². The first-order valence-electron chi connectivity index (χ1n) is 6.55. The monoisotopic (exact) mass is 466 g/mol. The van der Waals surface area contributed by atoms with Crippen LogP contribution in [-0.2, 0) is 0 Å². The Morgan fingerprint density at radius 2 is 2.00 bits per heavy atom. The molecule has 0 aliphatic heterocycles. The first-order chi connectivity index (χ1) is 7.86. The maximum absolute atomic E-state index is 6.14. The van der Waals surface area contributed by atoms with Gasteiger partial charge in [-0.25, -0.2) is 0 Å². The van der Waals surface area contributed by atoms with E-state index in [1.54, 1.807) is 0 Å². The first-order valence-corrected chi connectivity index (χ1v) is 9.16. The lowest BCUT2D eigenvalue weighted by Gasteiger charge is -2.33. The molecule has 0 bridgehead atoms. The highest BCUT2D eigenvalue weighted by Crippen LogP contribution is 2.33. The van der Waals surface area contributed by atoms with Crippen LogP contribution in [0.4, 0.5) is 0 Å². The summed E-state index contributed by atoms with van der Waals surface area (Å²) in [5.74, 6) is 1.51. The van der Waals surface area contributed by atoms with Gasteiger partial charge in [0.25, 0.3) is 0 Å². The molecule has 4 heteroatoms. The van der Waals surface area contributed by atoms with Crippen molar-refractivity contribution in [1.29, 1.82) is 0 Å². The molecule has 4 atom stereocenters. The van der Waals surface area contributed by atoms with E-state index in [1.165, 1.54) is 19.3 Å². The van der Waals surface area contributed by atoms with Gasteiger partial charge in [-0.1, -0.05) is 71.9 Å². The molecule has 0 amide bonds. The van der Waals surface area contributed by atoms with Crippen LogP contribution >= 0.6 is 45.2 Å². The molecule has 3 N–H and O–H groups in total. The topological polar surface area (TPSA) is 38.0 Å². The van der Waals surface area contributed by atoms with E-state index in [2.05, 4.69) is 71.3 Å². The van der Waals surface area contributed by atoms with Crippen LogP contribution in [0.15, 0.2) is 0 Å². The summed E-state index contributed by atoms with van der Waals surface area (Å²) in [7, 11) is 2.05. The Kier molecular flexibility index (Phi) is 10.1. The van der Waals surface area contributed by atoms with Gasteiger partial charge in [0.2, 0.25) is 0 Å². The molecular weight excluding hydrogens is 438 g/mol. The summed E-state index contributed by atoms with van der Waals surface area (Å²) < 4.78 is 1.25. The number of alkyl halides is 2. The molecule has 0 aliphatic rings. The second kappa shape index (κ2) is 9.31. The van der Waals surface area contributed by atoms with Crippen LogP contribution in [0.25, 0.3) is 0 Å². The van der Waals surface area contributed by atoms with E-state index in [9.17, 15) is 0 Å². The minimum absolute atomic E-state index is 0.190. The minimum atomic E-state index is 0.190. The van der Waals surface area contributed by atoms with Gasteiger partial charge >= 0.3 is 0 Å². The lowest BCUT2D eigenvalue weighted by molar-refractivity contribution is 0.258. The Morgan fingerprint density at radius 1 is 1.41 bits per heavy atom. The van der Waals surface area contributed by atoms with E-state index < -0.39 is 0 Å². The van der Waals surface area contributed by atoms with Gasteiger partial charge in [0, 0.05) is 10.5 Å². The number of hydrogen-bond acceptors (Lipinski definition) is 2. The van der Waals surface area contributed by atoms with Crippen molar-refractivity contribution in [3.05, 3.63) is 0 Å². The van der Waals surface area contributed by atoms with Crippen molar-refractivity contribution >= 4 is 45.2 Å². The Balaban J connectivity index is 4.49. The van der Waals surface area contributed by atoms with Crippen LogP contribution in [0.3, 0.4) is 0 Å². The molecule has 0 aliphatic carbocycles. The van der Waals surface area contributed by atoms with Gasteiger partial charge in [-0.05, 0) is 38.6 Å². The molecule has 0 saturated heterocycles. The van der Waals surface area contributed by atoms with Crippen LogP contribution in [0.5, 0.6) is 0 Å². The summed E-state index contributed by atoms with van der Waals surface area (Å²) in [6, 6.07) is 0.351. The quantitative estimate of drug-likeness (QED) is 0.307. The van der Waals surface area contributed by atoms with Crippen LogP contribution in [0.1, 0.15) is 46.5 Å². The third-order valence-electron chi connectivity index (χ3n) is 3.52. The maximum atomic E-state index is 6.14. The number of hydrogen-bond donors (Lipinski definition) is 2. The summed E-state index contributed by atoms with van der Waals surface area (Å²) in [5.41, 5.74) is 6.14. The SMILES string of the molecule is CCC[C@@H](C)[C@H](CC(N)CI)C[C@](C)(I)NC. The maximum Gasteiger partial charge on any atom is 0.0677 e. The van der Waals surface area contributed by atoms with Gasteiger partial charge in [0.1, 0.15) is 0 Å². The largest absolute Gasteiger partial charge is 0.327 e.